The summed E-state index contributed by atoms with van der Waals surface area (Å²) < 4.78 is 11.5. The van der Waals surface area contributed by atoms with E-state index in [9.17, 15) is 0 Å². The van der Waals surface area contributed by atoms with Crippen molar-refractivity contribution in [2.45, 2.75) is 51.2 Å². The summed E-state index contributed by atoms with van der Waals surface area (Å²) in [6, 6.07) is 4.29. The fourth-order valence-electron chi connectivity index (χ4n) is 3.69. The van der Waals surface area contributed by atoms with Gasteiger partial charge < -0.3 is 19.8 Å². The van der Waals surface area contributed by atoms with E-state index in [0.29, 0.717) is 6.54 Å². The lowest BCUT2D eigenvalue weighted by atomic mass is 10.0. The zero-order valence-corrected chi connectivity index (χ0v) is 18.3. The summed E-state index contributed by atoms with van der Waals surface area (Å²) in [4.78, 5) is 7.26. The molecule has 2 unspecified atom stereocenters. The van der Waals surface area contributed by atoms with E-state index in [1.807, 2.05) is 6.07 Å². The molecule has 2 aliphatic heterocycles. The van der Waals surface area contributed by atoms with Crippen LogP contribution in [0.15, 0.2) is 27.8 Å². The van der Waals surface area contributed by atoms with Gasteiger partial charge in [0.15, 0.2) is 5.96 Å². The molecule has 0 amide bonds. The van der Waals surface area contributed by atoms with E-state index in [1.165, 1.54) is 12.8 Å². The van der Waals surface area contributed by atoms with Crippen LogP contribution in [-0.4, -0.2) is 55.8 Å². The summed E-state index contributed by atoms with van der Waals surface area (Å²) >= 11 is 0. The van der Waals surface area contributed by atoms with Crippen molar-refractivity contribution in [1.29, 1.82) is 0 Å². The molecule has 0 aliphatic carbocycles. The maximum atomic E-state index is 5.85. The average molecular weight is 476 g/mol. The van der Waals surface area contributed by atoms with Gasteiger partial charge in [-0.1, -0.05) is 0 Å². The van der Waals surface area contributed by atoms with Gasteiger partial charge in [0, 0.05) is 19.7 Å². The van der Waals surface area contributed by atoms with Crippen molar-refractivity contribution in [3.8, 4) is 0 Å². The van der Waals surface area contributed by atoms with E-state index in [-0.39, 0.29) is 35.6 Å². The average Bonchev–Trinajstić information content (AvgIpc) is 3.36. The van der Waals surface area contributed by atoms with E-state index >= 15 is 0 Å². The van der Waals surface area contributed by atoms with E-state index in [2.05, 4.69) is 35.4 Å². The first-order valence-corrected chi connectivity index (χ1v) is 9.64. The number of rotatable bonds is 7. The number of hydrogen-bond donors (Lipinski definition) is 2. The second kappa shape index (κ2) is 10.5. The van der Waals surface area contributed by atoms with Gasteiger partial charge in [-0.25, -0.2) is 0 Å². The van der Waals surface area contributed by atoms with Gasteiger partial charge in [-0.05, 0) is 64.8 Å². The molecule has 0 saturated carbocycles. The first kappa shape index (κ1) is 21.5. The minimum absolute atomic E-state index is 0. The van der Waals surface area contributed by atoms with Gasteiger partial charge in [0.1, 0.15) is 5.76 Å². The van der Waals surface area contributed by atoms with Gasteiger partial charge in [0.25, 0.3) is 0 Å². The number of furan rings is 1. The Hall–Kier alpha value is -0.800. The molecular weight excluding hydrogens is 443 g/mol. The molecule has 26 heavy (non-hydrogen) atoms. The number of likely N-dealkylation sites (tertiary alicyclic amines) is 1. The number of nitrogens with one attached hydrogen (secondary N) is 2. The van der Waals surface area contributed by atoms with E-state index in [4.69, 9.17) is 14.1 Å². The molecule has 3 heterocycles. The Labute approximate surface area is 174 Å². The van der Waals surface area contributed by atoms with E-state index in [0.717, 1.165) is 57.3 Å². The van der Waals surface area contributed by atoms with Crippen molar-refractivity contribution in [2.75, 3.05) is 39.3 Å². The van der Waals surface area contributed by atoms with Crippen LogP contribution < -0.4 is 10.6 Å². The number of guanidine groups is 1. The number of halogens is 1. The van der Waals surface area contributed by atoms with Gasteiger partial charge in [-0.3, -0.25) is 9.89 Å². The molecule has 2 N–H and O–H groups in total. The molecule has 6 nitrogen and oxygen atoms in total. The number of hydrogen-bond acceptors (Lipinski definition) is 4. The predicted octanol–water partition coefficient (Wildman–Crippen LogP) is 3.16. The minimum Gasteiger partial charge on any atom is -0.468 e. The Kier molecular flexibility index (Phi) is 8.69. The van der Waals surface area contributed by atoms with Crippen LogP contribution in [0.3, 0.4) is 0 Å². The molecule has 2 aliphatic rings. The number of ether oxygens (including phenoxy) is 1. The summed E-state index contributed by atoms with van der Waals surface area (Å²) in [5, 5.41) is 6.86. The number of aliphatic imine (C=N–C) groups is 1. The largest absolute Gasteiger partial charge is 0.468 e. The van der Waals surface area contributed by atoms with Gasteiger partial charge in [-0.2, -0.15) is 0 Å². The summed E-state index contributed by atoms with van der Waals surface area (Å²) in [7, 11) is 0. The molecule has 0 aromatic carbocycles. The van der Waals surface area contributed by atoms with Crippen LogP contribution in [0.4, 0.5) is 0 Å². The fraction of sp³-hybridized carbons (Fsp3) is 0.737. The van der Waals surface area contributed by atoms with E-state index in [1.54, 1.807) is 6.26 Å². The SMILES string of the molecule is CCNC(=NCC1(C)CCCO1)NCC(c1ccco1)N1CCCC1.I. The van der Waals surface area contributed by atoms with Crippen LogP contribution in [0.1, 0.15) is 51.3 Å². The Balaban J connectivity index is 0.00000243. The zero-order valence-electron chi connectivity index (χ0n) is 16.0. The molecule has 148 valence electrons. The Bertz CT molecular complexity index is 538. The van der Waals surface area contributed by atoms with Crippen molar-refractivity contribution < 1.29 is 9.15 Å². The molecule has 7 heteroatoms. The first-order valence-electron chi connectivity index (χ1n) is 9.64. The molecular formula is C19H33IN4O2. The lowest BCUT2D eigenvalue weighted by Gasteiger charge is -2.27. The standard InChI is InChI=1S/C19H32N4O2.HI/c1-3-20-18(22-15-19(2)9-7-13-25-19)21-14-16(17-8-6-12-24-17)23-10-4-5-11-23;/h6,8,12,16H,3-5,7,9-11,13-15H2,1-2H3,(H2,20,21,22);1H. The van der Waals surface area contributed by atoms with Crippen molar-refractivity contribution in [3.63, 3.8) is 0 Å². The number of nitrogens with zero attached hydrogens (tertiary/aromatic N) is 2. The quantitative estimate of drug-likeness (QED) is 0.360. The molecule has 1 aromatic heterocycles. The summed E-state index contributed by atoms with van der Waals surface area (Å²) in [5.74, 6) is 1.88. The molecule has 0 bridgehead atoms. The fourth-order valence-corrected chi connectivity index (χ4v) is 3.69. The lowest BCUT2D eigenvalue weighted by molar-refractivity contribution is 0.0283. The highest BCUT2D eigenvalue weighted by molar-refractivity contribution is 14.0. The van der Waals surface area contributed by atoms with Crippen LogP contribution in [0.5, 0.6) is 0 Å². The molecule has 1 aromatic rings. The topological polar surface area (TPSA) is 62.0 Å². The van der Waals surface area contributed by atoms with Crippen molar-refractivity contribution >= 4 is 29.9 Å². The third-order valence-electron chi connectivity index (χ3n) is 5.13. The van der Waals surface area contributed by atoms with Crippen LogP contribution in [0.25, 0.3) is 0 Å². The van der Waals surface area contributed by atoms with Crippen LogP contribution >= 0.6 is 24.0 Å². The summed E-state index contributed by atoms with van der Waals surface area (Å²) in [6.45, 7) is 9.69. The van der Waals surface area contributed by atoms with Gasteiger partial charge in [0.2, 0.25) is 0 Å². The highest BCUT2D eigenvalue weighted by atomic mass is 127. The van der Waals surface area contributed by atoms with Crippen LogP contribution in [-0.2, 0) is 4.74 Å². The van der Waals surface area contributed by atoms with Crippen molar-refractivity contribution in [3.05, 3.63) is 24.2 Å². The molecule has 2 saturated heterocycles. The maximum absolute atomic E-state index is 5.85. The van der Waals surface area contributed by atoms with E-state index < -0.39 is 0 Å². The molecule has 0 radical (unpaired) electrons. The zero-order chi connectivity index (χ0) is 17.5. The monoisotopic (exact) mass is 476 g/mol. The first-order chi connectivity index (χ1) is 12.2. The van der Waals surface area contributed by atoms with Crippen molar-refractivity contribution in [2.24, 2.45) is 4.99 Å². The highest BCUT2D eigenvalue weighted by Gasteiger charge is 2.30. The van der Waals surface area contributed by atoms with Crippen LogP contribution in [0, 0.1) is 0 Å². The summed E-state index contributed by atoms with van der Waals surface area (Å²) in [6.07, 6.45) is 6.50. The van der Waals surface area contributed by atoms with Gasteiger partial charge >= 0.3 is 0 Å². The van der Waals surface area contributed by atoms with Crippen LogP contribution in [0.2, 0.25) is 0 Å². The molecule has 2 fully saturated rings. The van der Waals surface area contributed by atoms with Crippen molar-refractivity contribution in [1.82, 2.24) is 15.5 Å². The Morgan fingerprint density at radius 3 is 2.73 bits per heavy atom. The Morgan fingerprint density at radius 2 is 2.12 bits per heavy atom. The summed E-state index contributed by atoms with van der Waals surface area (Å²) in [5.41, 5.74) is -0.113. The second-order valence-electron chi connectivity index (χ2n) is 7.25. The lowest BCUT2D eigenvalue weighted by Crippen LogP contribution is -2.43. The smallest absolute Gasteiger partial charge is 0.191 e. The van der Waals surface area contributed by atoms with Gasteiger partial charge in [-0.15, -0.1) is 24.0 Å². The molecule has 3 rings (SSSR count). The normalized spacial score (nSPS) is 25.1. The highest BCUT2D eigenvalue weighted by Crippen LogP contribution is 2.26. The second-order valence-corrected chi connectivity index (χ2v) is 7.25. The molecule has 0 spiro atoms. The Morgan fingerprint density at radius 1 is 1.31 bits per heavy atom. The maximum Gasteiger partial charge on any atom is 0.191 e. The third-order valence-corrected chi connectivity index (χ3v) is 5.13. The molecule has 2 atom stereocenters. The van der Waals surface area contributed by atoms with Gasteiger partial charge in [0.05, 0.1) is 24.5 Å². The minimum atomic E-state index is -0.113. The third kappa shape index (κ3) is 5.85. The predicted molar refractivity (Wildman–Crippen MR) is 115 cm³/mol.